The maximum absolute atomic E-state index is 12.8. The fourth-order valence-electron chi connectivity index (χ4n) is 2.90. The van der Waals surface area contributed by atoms with E-state index in [9.17, 15) is 4.79 Å². The minimum absolute atomic E-state index is 0.0154. The van der Waals surface area contributed by atoms with Crippen LogP contribution in [0.15, 0.2) is 18.9 Å². The van der Waals surface area contributed by atoms with Gasteiger partial charge in [0.25, 0.3) is 5.91 Å². The lowest BCUT2D eigenvalue weighted by Gasteiger charge is -2.32. The molecule has 0 unspecified atom stereocenters. The van der Waals surface area contributed by atoms with Crippen LogP contribution < -0.4 is 0 Å². The zero-order chi connectivity index (χ0) is 15.5. The SMILES string of the molecule is CCc1nc(C)ncc1C(=O)N1CCC[C@@H](n2cncn2)C1. The molecule has 1 atom stereocenters. The molecule has 22 heavy (non-hydrogen) atoms. The van der Waals surface area contributed by atoms with Gasteiger partial charge in [0, 0.05) is 19.3 Å². The maximum Gasteiger partial charge on any atom is 0.257 e. The molecule has 3 heterocycles. The molecule has 0 aromatic carbocycles. The highest BCUT2D eigenvalue weighted by molar-refractivity contribution is 5.95. The Labute approximate surface area is 129 Å². The van der Waals surface area contributed by atoms with E-state index in [-0.39, 0.29) is 11.9 Å². The third-order valence-electron chi connectivity index (χ3n) is 4.05. The third kappa shape index (κ3) is 2.84. The third-order valence-corrected chi connectivity index (χ3v) is 4.05. The number of carbonyl (C=O) groups excluding carboxylic acids is 1. The molecule has 1 aliphatic heterocycles. The van der Waals surface area contributed by atoms with Crippen LogP contribution >= 0.6 is 0 Å². The number of likely N-dealkylation sites (tertiary alicyclic amines) is 1. The second kappa shape index (κ2) is 6.21. The molecule has 0 N–H and O–H groups in total. The van der Waals surface area contributed by atoms with Crippen LogP contribution in [0, 0.1) is 6.92 Å². The maximum atomic E-state index is 12.8. The van der Waals surface area contributed by atoms with E-state index < -0.39 is 0 Å². The second-order valence-corrected chi connectivity index (χ2v) is 5.55. The van der Waals surface area contributed by atoms with Crippen molar-refractivity contribution in [2.45, 2.75) is 39.2 Å². The lowest BCUT2D eigenvalue weighted by Crippen LogP contribution is -2.41. The Hall–Kier alpha value is -2.31. The summed E-state index contributed by atoms with van der Waals surface area (Å²) in [4.78, 5) is 27.3. The van der Waals surface area contributed by atoms with Gasteiger partial charge in [-0.15, -0.1) is 0 Å². The van der Waals surface area contributed by atoms with Crippen LogP contribution in [-0.4, -0.2) is 48.6 Å². The van der Waals surface area contributed by atoms with Crippen LogP contribution in [-0.2, 0) is 6.42 Å². The molecule has 2 aromatic heterocycles. The summed E-state index contributed by atoms with van der Waals surface area (Å²) in [6.07, 6.45) is 7.60. The second-order valence-electron chi connectivity index (χ2n) is 5.55. The predicted octanol–water partition coefficient (Wildman–Crippen LogP) is 1.42. The van der Waals surface area contributed by atoms with Crippen molar-refractivity contribution < 1.29 is 4.79 Å². The van der Waals surface area contributed by atoms with E-state index in [1.807, 2.05) is 23.4 Å². The molecule has 0 radical (unpaired) electrons. The number of piperidine rings is 1. The van der Waals surface area contributed by atoms with E-state index in [0.717, 1.165) is 31.5 Å². The fraction of sp³-hybridized carbons (Fsp3) is 0.533. The predicted molar refractivity (Wildman–Crippen MR) is 80.3 cm³/mol. The van der Waals surface area contributed by atoms with Crippen molar-refractivity contribution in [3.05, 3.63) is 35.9 Å². The molecule has 0 spiro atoms. The molecule has 1 amide bonds. The van der Waals surface area contributed by atoms with Crippen molar-refractivity contribution in [3.8, 4) is 0 Å². The first-order valence-corrected chi connectivity index (χ1v) is 7.65. The molecule has 0 aliphatic carbocycles. The molecule has 0 saturated carbocycles. The van der Waals surface area contributed by atoms with Crippen LogP contribution in [0.3, 0.4) is 0 Å². The Morgan fingerprint density at radius 1 is 1.45 bits per heavy atom. The van der Waals surface area contributed by atoms with Gasteiger partial charge in [0.1, 0.15) is 18.5 Å². The highest BCUT2D eigenvalue weighted by atomic mass is 16.2. The number of hydrogen-bond donors (Lipinski definition) is 0. The van der Waals surface area contributed by atoms with Gasteiger partial charge in [-0.05, 0) is 26.2 Å². The van der Waals surface area contributed by atoms with E-state index in [1.165, 1.54) is 6.33 Å². The standard InChI is InChI=1S/C15H20N6O/c1-3-14-13(7-17-11(2)19-14)15(22)20-6-4-5-12(8-20)21-10-16-9-18-21/h7,9-10,12H,3-6,8H2,1-2H3/t12-/m1/s1. The number of hydrogen-bond acceptors (Lipinski definition) is 5. The molecule has 116 valence electrons. The molecular formula is C15H20N6O. The van der Waals surface area contributed by atoms with Crippen molar-refractivity contribution in [2.24, 2.45) is 0 Å². The van der Waals surface area contributed by atoms with Gasteiger partial charge in [-0.25, -0.2) is 19.6 Å². The monoisotopic (exact) mass is 300 g/mol. The molecule has 7 heteroatoms. The lowest BCUT2D eigenvalue weighted by atomic mass is 10.0. The van der Waals surface area contributed by atoms with Crippen LogP contribution in [0.2, 0.25) is 0 Å². The summed E-state index contributed by atoms with van der Waals surface area (Å²) in [5.74, 6) is 0.717. The number of amides is 1. The summed E-state index contributed by atoms with van der Waals surface area (Å²) in [7, 11) is 0. The number of aromatic nitrogens is 5. The first-order valence-electron chi connectivity index (χ1n) is 7.65. The number of aryl methyl sites for hydroxylation is 2. The van der Waals surface area contributed by atoms with E-state index in [0.29, 0.717) is 17.9 Å². The van der Waals surface area contributed by atoms with Gasteiger partial charge in [0.2, 0.25) is 0 Å². The van der Waals surface area contributed by atoms with Gasteiger partial charge < -0.3 is 4.90 Å². The van der Waals surface area contributed by atoms with Crippen LogP contribution in [0.4, 0.5) is 0 Å². The molecule has 1 aliphatic rings. The van der Waals surface area contributed by atoms with Gasteiger partial charge in [-0.1, -0.05) is 6.92 Å². The highest BCUT2D eigenvalue weighted by Gasteiger charge is 2.27. The van der Waals surface area contributed by atoms with E-state index in [2.05, 4.69) is 20.1 Å². The molecule has 0 bridgehead atoms. The van der Waals surface area contributed by atoms with Crippen molar-refractivity contribution in [3.63, 3.8) is 0 Å². The summed E-state index contributed by atoms with van der Waals surface area (Å²) in [6.45, 7) is 5.27. The number of carbonyl (C=O) groups is 1. The minimum Gasteiger partial charge on any atom is -0.336 e. The van der Waals surface area contributed by atoms with Crippen LogP contribution in [0.5, 0.6) is 0 Å². The molecule has 2 aromatic rings. The Kier molecular flexibility index (Phi) is 4.13. The van der Waals surface area contributed by atoms with Crippen molar-refractivity contribution in [1.29, 1.82) is 0 Å². The molecule has 1 saturated heterocycles. The zero-order valence-corrected chi connectivity index (χ0v) is 12.9. The van der Waals surface area contributed by atoms with Gasteiger partial charge in [-0.3, -0.25) is 4.79 Å². The Bertz CT molecular complexity index is 654. The van der Waals surface area contributed by atoms with Crippen LogP contribution in [0.25, 0.3) is 0 Å². The van der Waals surface area contributed by atoms with Crippen molar-refractivity contribution in [2.75, 3.05) is 13.1 Å². The summed E-state index contributed by atoms with van der Waals surface area (Å²) >= 11 is 0. The van der Waals surface area contributed by atoms with Gasteiger partial charge in [0.15, 0.2) is 0 Å². The normalized spacial score (nSPS) is 18.5. The first kappa shape index (κ1) is 14.6. The smallest absolute Gasteiger partial charge is 0.257 e. The Morgan fingerprint density at radius 2 is 2.32 bits per heavy atom. The Balaban J connectivity index is 1.80. The number of nitrogens with zero attached hydrogens (tertiary/aromatic N) is 6. The fourth-order valence-corrected chi connectivity index (χ4v) is 2.90. The minimum atomic E-state index is 0.0154. The van der Waals surface area contributed by atoms with Crippen molar-refractivity contribution >= 4 is 5.91 Å². The van der Waals surface area contributed by atoms with Crippen molar-refractivity contribution in [1.82, 2.24) is 29.6 Å². The van der Waals surface area contributed by atoms with E-state index in [1.54, 1.807) is 12.5 Å². The number of rotatable bonds is 3. The molecule has 3 rings (SSSR count). The molecule has 1 fully saturated rings. The quantitative estimate of drug-likeness (QED) is 0.856. The van der Waals surface area contributed by atoms with E-state index in [4.69, 9.17) is 0 Å². The summed E-state index contributed by atoms with van der Waals surface area (Å²) in [5.41, 5.74) is 1.44. The largest absolute Gasteiger partial charge is 0.336 e. The summed E-state index contributed by atoms with van der Waals surface area (Å²) < 4.78 is 1.84. The van der Waals surface area contributed by atoms with E-state index >= 15 is 0 Å². The molecule has 7 nitrogen and oxygen atoms in total. The average Bonchev–Trinajstić information content (AvgIpc) is 3.08. The Morgan fingerprint density at radius 3 is 3.05 bits per heavy atom. The highest BCUT2D eigenvalue weighted by Crippen LogP contribution is 2.22. The summed E-state index contributed by atoms with van der Waals surface area (Å²) in [5, 5.41) is 4.19. The topological polar surface area (TPSA) is 76.8 Å². The van der Waals surface area contributed by atoms with Gasteiger partial charge in [-0.2, -0.15) is 5.10 Å². The zero-order valence-electron chi connectivity index (χ0n) is 12.9. The first-order chi connectivity index (χ1) is 10.7. The van der Waals surface area contributed by atoms with Gasteiger partial charge >= 0.3 is 0 Å². The van der Waals surface area contributed by atoms with Crippen LogP contribution in [0.1, 0.15) is 47.7 Å². The van der Waals surface area contributed by atoms with Gasteiger partial charge in [0.05, 0.1) is 17.3 Å². The summed E-state index contributed by atoms with van der Waals surface area (Å²) in [6, 6.07) is 0.191. The lowest BCUT2D eigenvalue weighted by molar-refractivity contribution is 0.0670. The average molecular weight is 300 g/mol. The molecular weight excluding hydrogens is 280 g/mol.